The van der Waals surface area contributed by atoms with E-state index in [0.717, 1.165) is 25.7 Å². The lowest BCUT2D eigenvalue weighted by Gasteiger charge is -2.29. The Balaban J connectivity index is 2.33. The van der Waals surface area contributed by atoms with E-state index in [9.17, 15) is 4.79 Å². The summed E-state index contributed by atoms with van der Waals surface area (Å²) in [6.45, 7) is 6.23. The molecule has 0 heterocycles. The molecule has 0 saturated heterocycles. The molecule has 1 rings (SSSR count). The van der Waals surface area contributed by atoms with Crippen LogP contribution in [-0.4, -0.2) is 17.5 Å². The Morgan fingerprint density at radius 3 is 2.69 bits per heavy atom. The molecular formula is C13H26N2O. The van der Waals surface area contributed by atoms with Gasteiger partial charge in [-0.15, -0.1) is 0 Å². The monoisotopic (exact) mass is 226 g/mol. The molecule has 3 nitrogen and oxygen atoms in total. The van der Waals surface area contributed by atoms with Crippen LogP contribution in [0.15, 0.2) is 0 Å². The number of hydrogen-bond acceptors (Lipinski definition) is 2. The molecule has 0 aromatic rings. The van der Waals surface area contributed by atoms with Crippen molar-refractivity contribution in [2.45, 2.75) is 70.9 Å². The number of carbonyl (C=O) groups excluding carboxylic acids is 1. The Hall–Kier alpha value is -0.570. The van der Waals surface area contributed by atoms with E-state index in [1.165, 1.54) is 6.42 Å². The predicted molar refractivity (Wildman–Crippen MR) is 67.1 cm³/mol. The van der Waals surface area contributed by atoms with Gasteiger partial charge in [0.2, 0.25) is 5.91 Å². The first-order chi connectivity index (χ1) is 7.43. The lowest BCUT2D eigenvalue weighted by Crippen LogP contribution is -2.43. The smallest absolute Gasteiger partial charge is 0.220 e. The topological polar surface area (TPSA) is 55.1 Å². The minimum Gasteiger partial charge on any atom is -0.351 e. The summed E-state index contributed by atoms with van der Waals surface area (Å²) in [5.41, 5.74) is 5.85. The third-order valence-electron chi connectivity index (χ3n) is 3.66. The van der Waals surface area contributed by atoms with Gasteiger partial charge in [-0.1, -0.05) is 13.3 Å². The van der Waals surface area contributed by atoms with Crippen LogP contribution < -0.4 is 11.1 Å². The van der Waals surface area contributed by atoms with Gasteiger partial charge in [0.1, 0.15) is 0 Å². The van der Waals surface area contributed by atoms with Crippen LogP contribution >= 0.6 is 0 Å². The second kappa shape index (κ2) is 5.67. The summed E-state index contributed by atoms with van der Waals surface area (Å²) >= 11 is 0. The molecule has 2 atom stereocenters. The Kier molecular flexibility index (Phi) is 4.78. The summed E-state index contributed by atoms with van der Waals surface area (Å²) < 4.78 is 0. The molecule has 94 valence electrons. The predicted octanol–water partition coefficient (Wildman–Crippen LogP) is 2.20. The standard InChI is InChI=1S/C13H26N2O/c1-4-13(2,3)15-12(16)9-10-6-5-7-11(14)8-10/h10-11H,4-9,14H2,1-3H3,(H,15,16). The van der Waals surface area contributed by atoms with Crippen molar-refractivity contribution in [3.05, 3.63) is 0 Å². The maximum atomic E-state index is 11.8. The first kappa shape index (κ1) is 13.5. The van der Waals surface area contributed by atoms with E-state index in [0.29, 0.717) is 18.4 Å². The lowest BCUT2D eigenvalue weighted by atomic mass is 9.84. The summed E-state index contributed by atoms with van der Waals surface area (Å²) in [5.74, 6) is 0.683. The second-order valence-corrected chi connectivity index (χ2v) is 5.78. The summed E-state index contributed by atoms with van der Waals surface area (Å²) in [4.78, 5) is 11.8. The van der Waals surface area contributed by atoms with Gasteiger partial charge < -0.3 is 11.1 Å². The largest absolute Gasteiger partial charge is 0.351 e. The van der Waals surface area contributed by atoms with Gasteiger partial charge in [-0.3, -0.25) is 4.79 Å². The van der Waals surface area contributed by atoms with Gasteiger partial charge in [-0.05, 0) is 45.4 Å². The number of nitrogens with one attached hydrogen (secondary N) is 1. The highest BCUT2D eigenvalue weighted by molar-refractivity contribution is 5.76. The van der Waals surface area contributed by atoms with E-state index >= 15 is 0 Å². The maximum absolute atomic E-state index is 11.8. The van der Waals surface area contributed by atoms with Crippen LogP contribution in [0.1, 0.15) is 59.3 Å². The highest BCUT2D eigenvalue weighted by atomic mass is 16.1. The number of rotatable bonds is 4. The Labute approximate surface area is 99.2 Å². The van der Waals surface area contributed by atoms with Crippen LogP contribution in [0.2, 0.25) is 0 Å². The molecule has 0 aromatic heterocycles. The van der Waals surface area contributed by atoms with Crippen molar-refractivity contribution < 1.29 is 4.79 Å². The van der Waals surface area contributed by atoms with Crippen LogP contribution in [0.5, 0.6) is 0 Å². The molecule has 0 spiro atoms. The van der Waals surface area contributed by atoms with Gasteiger partial charge in [-0.25, -0.2) is 0 Å². The van der Waals surface area contributed by atoms with Crippen LogP contribution in [0.25, 0.3) is 0 Å². The zero-order valence-corrected chi connectivity index (χ0v) is 10.9. The highest BCUT2D eigenvalue weighted by Gasteiger charge is 2.24. The van der Waals surface area contributed by atoms with Crippen LogP contribution in [-0.2, 0) is 4.79 Å². The minimum absolute atomic E-state index is 0.0755. The van der Waals surface area contributed by atoms with E-state index in [-0.39, 0.29) is 11.4 Å². The molecule has 16 heavy (non-hydrogen) atoms. The summed E-state index contributed by atoms with van der Waals surface area (Å²) in [5, 5.41) is 3.09. The molecule has 0 radical (unpaired) electrons. The van der Waals surface area contributed by atoms with Gasteiger partial charge in [0.05, 0.1) is 0 Å². The SMILES string of the molecule is CCC(C)(C)NC(=O)CC1CCCC(N)C1. The van der Waals surface area contributed by atoms with Crippen molar-refractivity contribution in [3.63, 3.8) is 0 Å². The van der Waals surface area contributed by atoms with Crippen LogP contribution in [0.3, 0.4) is 0 Å². The molecule has 2 unspecified atom stereocenters. The lowest BCUT2D eigenvalue weighted by molar-refractivity contribution is -0.123. The number of carbonyl (C=O) groups is 1. The molecule has 0 aliphatic heterocycles. The van der Waals surface area contributed by atoms with Gasteiger partial charge in [0.25, 0.3) is 0 Å². The molecule has 1 amide bonds. The number of amides is 1. The van der Waals surface area contributed by atoms with Crippen molar-refractivity contribution >= 4 is 5.91 Å². The van der Waals surface area contributed by atoms with E-state index < -0.39 is 0 Å². The first-order valence-corrected chi connectivity index (χ1v) is 6.49. The summed E-state index contributed by atoms with van der Waals surface area (Å²) in [7, 11) is 0. The molecule has 1 aliphatic carbocycles. The fraction of sp³-hybridized carbons (Fsp3) is 0.923. The number of hydrogen-bond donors (Lipinski definition) is 2. The zero-order chi connectivity index (χ0) is 12.2. The molecule has 1 fully saturated rings. The fourth-order valence-electron chi connectivity index (χ4n) is 2.30. The highest BCUT2D eigenvalue weighted by Crippen LogP contribution is 2.26. The third-order valence-corrected chi connectivity index (χ3v) is 3.66. The van der Waals surface area contributed by atoms with Gasteiger partial charge in [-0.2, -0.15) is 0 Å². The van der Waals surface area contributed by atoms with Gasteiger partial charge >= 0.3 is 0 Å². The molecule has 0 bridgehead atoms. The van der Waals surface area contributed by atoms with E-state index in [1.54, 1.807) is 0 Å². The van der Waals surface area contributed by atoms with Crippen molar-refractivity contribution in [3.8, 4) is 0 Å². The summed E-state index contributed by atoms with van der Waals surface area (Å²) in [6.07, 6.45) is 6.09. The van der Waals surface area contributed by atoms with E-state index in [1.807, 2.05) is 0 Å². The minimum atomic E-state index is -0.0755. The van der Waals surface area contributed by atoms with Gasteiger partial charge in [0.15, 0.2) is 0 Å². The molecular weight excluding hydrogens is 200 g/mol. The average Bonchev–Trinajstić information content (AvgIpc) is 2.16. The molecule has 3 N–H and O–H groups in total. The molecule has 0 aromatic carbocycles. The average molecular weight is 226 g/mol. The van der Waals surface area contributed by atoms with Crippen molar-refractivity contribution in [2.24, 2.45) is 11.7 Å². The van der Waals surface area contributed by atoms with Crippen molar-refractivity contribution in [2.75, 3.05) is 0 Å². The van der Waals surface area contributed by atoms with Gasteiger partial charge in [0, 0.05) is 18.0 Å². The second-order valence-electron chi connectivity index (χ2n) is 5.78. The van der Waals surface area contributed by atoms with Crippen molar-refractivity contribution in [1.82, 2.24) is 5.32 Å². The Morgan fingerprint density at radius 2 is 2.12 bits per heavy atom. The maximum Gasteiger partial charge on any atom is 0.220 e. The zero-order valence-electron chi connectivity index (χ0n) is 10.9. The third kappa shape index (κ3) is 4.52. The molecule has 3 heteroatoms. The quantitative estimate of drug-likeness (QED) is 0.772. The Bertz CT molecular complexity index is 238. The molecule has 1 saturated carbocycles. The fourth-order valence-corrected chi connectivity index (χ4v) is 2.30. The normalized spacial score (nSPS) is 26.5. The van der Waals surface area contributed by atoms with E-state index in [2.05, 4.69) is 26.1 Å². The number of nitrogens with two attached hydrogens (primary N) is 1. The van der Waals surface area contributed by atoms with Crippen LogP contribution in [0, 0.1) is 5.92 Å². The summed E-state index contributed by atoms with van der Waals surface area (Å²) in [6, 6.07) is 0.311. The Morgan fingerprint density at radius 1 is 1.44 bits per heavy atom. The van der Waals surface area contributed by atoms with Crippen molar-refractivity contribution in [1.29, 1.82) is 0 Å². The first-order valence-electron chi connectivity index (χ1n) is 6.49. The molecule has 1 aliphatic rings. The van der Waals surface area contributed by atoms with Crippen LogP contribution in [0.4, 0.5) is 0 Å². The van der Waals surface area contributed by atoms with E-state index in [4.69, 9.17) is 5.73 Å².